The number of hydrogen-bond acceptors (Lipinski definition) is 3. The highest BCUT2D eigenvalue weighted by molar-refractivity contribution is 14.1. The van der Waals surface area contributed by atoms with Gasteiger partial charge < -0.3 is 4.42 Å². The summed E-state index contributed by atoms with van der Waals surface area (Å²) in [6.45, 7) is 0. The van der Waals surface area contributed by atoms with Gasteiger partial charge in [0.25, 0.3) is 4.80 Å². The molecule has 0 bridgehead atoms. The highest BCUT2D eigenvalue weighted by Crippen LogP contribution is 2.21. The summed E-state index contributed by atoms with van der Waals surface area (Å²) in [6.07, 6.45) is 0. The zero-order chi connectivity index (χ0) is 9.26. The van der Waals surface area contributed by atoms with E-state index in [1.165, 1.54) is 0 Å². The van der Waals surface area contributed by atoms with Gasteiger partial charge in [-0.15, -0.1) is 10.2 Å². The molecule has 3 nitrogen and oxygen atoms in total. The van der Waals surface area contributed by atoms with Crippen LogP contribution in [0.25, 0.3) is 11.5 Å². The van der Waals surface area contributed by atoms with Crippen LogP contribution in [-0.4, -0.2) is 10.2 Å². The van der Waals surface area contributed by atoms with Crippen LogP contribution in [0.3, 0.4) is 0 Å². The van der Waals surface area contributed by atoms with Crippen molar-refractivity contribution in [3.8, 4) is 11.5 Å². The summed E-state index contributed by atoms with van der Waals surface area (Å²) in [4.78, 5) is 0.404. The monoisotopic (exact) mass is 350 g/mol. The van der Waals surface area contributed by atoms with Crippen molar-refractivity contribution in [3.05, 3.63) is 32.6 Å². The molecule has 0 N–H and O–H groups in total. The summed E-state index contributed by atoms with van der Waals surface area (Å²) in [5, 5.41) is 7.58. The van der Waals surface area contributed by atoms with Crippen LogP contribution in [-0.2, 0) is 0 Å². The first-order valence-corrected chi connectivity index (χ1v) is 5.38. The molecular weight excluding hydrogens is 347 g/mol. The minimum Gasteiger partial charge on any atom is -0.411 e. The van der Waals surface area contributed by atoms with Crippen LogP contribution in [0.1, 0.15) is 0 Å². The molecule has 13 heavy (non-hydrogen) atoms. The second-order valence-electron chi connectivity index (χ2n) is 2.37. The lowest BCUT2D eigenvalue weighted by atomic mass is 10.2. The van der Waals surface area contributed by atoms with Crippen molar-refractivity contribution in [2.45, 2.75) is 0 Å². The molecule has 1 aromatic heterocycles. The zero-order valence-electron chi connectivity index (χ0n) is 6.37. The molecule has 0 aliphatic rings. The minimum atomic E-state index is 0.404. The van der Waals surface area contributed by atoms with Crippen molar-refractivity contribution in [2.75, 3.05) is 0 Å². The van der Waals surface area contributed by atoms with Crippen LogP contribution in [0.2, 0.25) is 0 Å². The third kappa shape index (κ3) is 2.08. The second-order valence-corrected chi connectivity index (χ2v) is 4.29. The lowest BCUT2D eigenvalue weighted by Crippen LogP contribution is -1.78. The number of benzene rings is 1. The average Bonchev–Trinajstić information content (AvgIpc) is 2.52. The molecule has 0 amide bonds. The molecule has 5 heteroatoms. The van der Waals surface area contributed by atoms with Gasteiger partial charge in [-0.2, -0.15) is 0 Å². The van der Waals surface area contributed by atoms with E-state index < -0.39 is 0 Å². The highest BCUT2D eigenvalue weighted by Gasteiger charge is 2.05. The van der Waals surface area contributed by atoms with Crippen LogP contribution in [0.5, 0.6) is 0 Å². The SMILES string of the molecule is Brc1nnc(-c2cccc(I)c2)o1. The molecule has 0 aliphatic carbocycles. The summed E-state index contributed by atoms with van der Waals surface area (Å²) in [5.41, 5.74) is 0.935. The third-order valence-electron chi connectivity index (χ3n) is 1.47. The number of halogens is 2. The van der Waals surface area contributed by atoms with Crippen LogP contribution < -0.4 is 0 Å². The van der Waals surface area contributed by atoms with Crippen LogP contribution in [0.4, 0.5) is 0 Å². The fraction of sp³-hybridized carbons (Fsp3) is 0. The average molecular weight is 351 g/mol. The van der Waals surface area contributed by atoms with Crippen LogP contribution >= 0.6 is 38.5 Å². The van der Waals surface area contributed by atoms with Crippen molar-refractivity contribution in [1.29, 1.82) is 0 Å². The predicted molar refractivity (Wildman–Crippen MR) is 60.2 cm³/mol. The van der Waals surface area contributed by atoms with Gasteiger partial charge in [0.2, 0.25) is 5.89 Å². The van der Waals surface area contributed by atoms with Gasteiger partial charge in [0.15, 0.2) is 0 Å². The van der Waals surface area contributed by atoms with E-state index in [0.717, 1.165) is 9.13 Å². The lowest BCUT2D eigenvalue weighted by Gasteiger charge is -1.93. The van der Waals surface area contributed by atoms with Gasteiger partial charge in [0.05, 0.1) is 0 Å². The maximum atomic E-state index is 5.22. The first-order valence-electron chi connectivity index (χ1n) is 3.50. The lowest BCUT2D eigenvalue weighted by molar-refractivity contribution is 0.540. The first kappa shape index (κ1) is 9.14. The Hall–Kier alpha value is -0.430. The molecule has 2 aromatic rings. The van der Waals surface area contributed by atoms with Crippen LogP contribution in [0, 0.1) is 3.57 Å². The standard InChI is InChI=1S/C8H4BrIN2O/c9-8-12-11-7(13-8)5-2-1-3-6(10)4-5/h1-4H. The van der Waals surface area contributed by atoms with Crippen molar-refractivity contribution in [2.24, 2.45) is 0 Å². The molecule has 0 atom stereocenters. The van der Waals surface area contributed by atoms with Gasteiger partial charge >= 0.3 is 0 Å². The van der Waals surface area contributed by atoms with Crippen molar-refractivity contribution in [3.63, 3.8) is 0 Å². The smallest absolute Gasteiger partial charge is 0.285 e. The molecule has 66 valence electrons. The van der Waals surface area contributed by atoms with Crippen molar-refractivity contribution >= 4 is 38.5 Å². The normalized spacial score (nSPS) is 10.3. The topological polar surface area (TPSA) is 38.9 Å². The van der Waals surface area contributed by atoms with E-state index in [0.29, 0.717) is 10.7 Å². The Kier molecular flexibility index (Phi) is 2.63. The van der Waals surface area contributed by atoms with E-state index in [-0.39, 0.29) is 0 Å². The molecule has 0 fully saturated rings. The quantitative estimate of drug-likeness (QED) is 0.742. The van der Waals surface area contributed by atoms with E-state index >= 15 is 0 Å². The second kappa shape index (κ2) is 3.75. The van der Waals surface area contributed by atoms with Crippen molar-refractivity contribution < 1.29 is 4.42 Å². The molecule has 1 heterocycles. The van der Waals surface area contributed by atoms with E-state index in [9.17, 15) is 0 Å². The Morgan fingerprint density at radius 3 is 2.77 bits per heavy atom. The van der Waals surface area contributed by atoms with E-state index in [1.54, 1.807) is 0 Å². The minimum absolute atomic E-state index is 0.404. The molecule has 0 unspecified atom stereocenters. The number of aromatic nitrogens is 2. The number of rotatable bonds is 1. The molecule has 0 aliphatic heterocycles. The van der Waals surface area contributed by atoms with Crippen LogP contribution in [0.15, 0.2) is 33.5 Å². The van der Waals surface area contributed by atoms with E-state index in [4.69, 9.17) is 4.42 Å². The molecule has 2 rings (SSSR count). The molecule has 0 spiro atoms. The predicted octanol–water partition coefficient (Wildman–Crippen LogP) is 3.10. The van der Waals surface area contributed by atoms with Gasteiger partial charge in [-0.05, 0) is 40.8 Å². The molecule has 0 radical (unpaired) electrons. The molecule has 0 saturated heterocycles. The van der Waals surface area contributed by atoms with Gasteiger partial charge in [0.1, 0.15) is 0 Å². The first-order chi connectivity index (χ1) is 6.25. The molecular formula is C8H4BrIN2O. The zero-order valence-corrected chi connectivity index (χ0v) is 10.1. The fourth-order valence-corrected chi connectivity index (χ4v) is 1.72. The van der Waals surface area contributed by atoms with Gasteiger partial charge in [-0.3, -0.25) is 0 Å². The highest BCUT2D eigenvalue weighted by atomic mass is 127. The van der Waals surface area contributed by atoms with Gasteiger partial charge in [0, 0.05) is 25.1 Å². The third-order valence-corrected chi connectivity index (χ3v) is 2.46. The van der Waals surface area contributed by atoms with E-state index in [1.807, 2.05) is 24.3 Å². The fourth-order valence-electron chi connectivity index (χ4n) is 0.943. The maximum absolute atomic E-state index is 5.22. The Morgan fingerprint density at radius 2 is 2.15 bits per heavy atom. The number of nitrogens with zero attached hydrogens (tertiary/aromatic N) is 2. The Bertz CT molecular complexity index is 430. The Labute approximate surface area is 96.8 Å². The molecule has 0 saturated carbocycles. The van der Waals surface area contributed by atoms with E-state index in [2.05, 4.69) is 48.7 Å². The van der Waals surface area contributed by atoms with Crippen molar-refractivity contribution in [1.82, 2.24) is 10.2 Å². The summed E-state index contributed by atoms with van der Waals surface area (Å²) in [6, 6.07) is 7.88. The molecule has 1 aromatic carbocycles. The Balaban J connectivity index is 2.46. The summed E-state index contributed by atoms with van der Waals surface area (Å²) >= 11 is 5.34. The maximum Gasteiger partial charge on any atom is 0.285 e. The number of hydrogen-bond donors (Lipinski definition) is 0. The summed E-state index contributed by atoms with van der Waals surface area (Å²) < 4.78 is 6.36. The Morgan fingerprint density at radius 1 is 1.31 bits per heavy atom. The summed E-state index contributed by atoms with van der Waals surface area (Å²) in [5.74, 6) is 0.533. The summed E-state index contributed by atoms with van der Waals surface area (Å²) in [7, 11) is 0. The van der Waals surface area contributed by atoms with Gasteiger partial charge in [-0.25, -0.2) is 0 Å². The van der Waals surface area contributed by atoms with Gasteiger partial charge in [-0.1, -0.05) is 6.07 Å². The largest absolute Gasteiger partial charge is 0.411 e.